The molecule has 0 aliphatic heterocycles. The molecular weight excluding hydrogens is 347 g/mol. The molecule has 0 heterocycles. The van der Waals surface area contributed by atoms with E-state index < -0.39 is 13.6 Å². The van der Waals surface area contributed by atoms with Crippen molar-refractivity contribution >= 4 is 13.3 Å². The fraction of sp³-hybridized carbons (Fsp3) is 0.200. The SMILES string of the molecule is COP(=O)(/C=C\CC(C#N)N=C(c1ccccc1)c1ccccc1)OC. The van der Waals surface area contributed by atoms with Crippen LogP contribution in [0, 0.1) is 11.3 Å². The van der Waals surface area contributed by atoms with Crippen molar-refractivity contribution in [1.29, 1.82) is 5.26 Å². The lowest BCUT2D eigenvalue weighted by Gasteiger charge is -2.10. The number of nitrogens with zero attached hydrogens (tertiary/aromatic N) is 2. The highest BCUT2D eigenvalue weighted by Gasteiger charge is 2.16. The standard InChI is InChI=1S/C20H21N2O3P/c1-24-26(23,25-2)15-9-14-19(16-21)22-20(17-10-5-3-6-11-17)18-12-7-4-8-13-18/h3-13,15,19H,14H2,1-2H3/b15-9-. The molecule has 5 nitrogen and oxygen atoms in total. The highest BCUT2D eigenvalue weighted by molar-refractivity contribution is 7.57. The minimum Gasteiger partial charge on any atom is -0.309 e. The summed E-state index contributed by atoms with van der Waals surface area (Å²) in [5.41, 5.74) is 2.61. The van der Waals surface area contributed by atoms with Crippen LogP contribution in [0.25, 0.3) is 0 Å². The Kier molecular flexibility index (Phi) is 7.50. The first-order chi connectivity index (χ1) is 12.6. The summed E-state index contributed by atoms with van der Waals surface area (Å²) in [7, 11) is -0.603. The summed E-state index contributed by atoms with van der Waals surface area (Å²) in [5, 5.41) is 9.49. The Labute approximate surface area is 154 Å². The van der Waals surface area contributed by atoms with Crippen molar-refractivity contribution in [1.82, 2.24) is 0 Å². The van der Waals surface area contributed by atoms with Gasteiger partial charge in [-0.25, -0.2) is 0 Å². The van der Waals surface area contributed by atoms with Crippen molar-refractivity contribution in [2.45, 2.75) is 12.5 Å². The highest BCUT2D eigenvalue weighted by Crippen LogP contribution is 2.47. The van der Waals surface area contributed by atoms with Gasteiger partial charge in [-0.2, -0.15) is 5.26 Å². The maximum absolute atomic E-state index is 12.0. The summed E-state index contributed by atoms with van der Waals surface area (Å²) in [6.07, 6.45) is 1.91. The third-order valence-electron chi connectivity index (χ3n) is 3.68. The summed E-state index contributed by atoms with van der Waals surface area (Å²) < 4.78 is 21.7. The van der Waals surface area contributed by atoms with E-state index in [0.29, 0.717) is 6.42 Å². The molecule has 2 rings (SSSR count). The Morgan fingerprint density at radius 1 is 1.08 bits per heavy atom. The summed E-state index contributed by atoms with van der Waals surface area (Å²) in [6, 6.07) is 21.0. The van der Waals surface area contributed by atoms with Crippen LogP contribution in [0.1, 0.15) is 17.5 Å². The van der Waals surface area contributed by atoms with Crippen LogP contribution in [0.2, 0.25) is 0 Å². The number of hydrogen-bond donors (Lipinski definition) is 0. The third-order valence-corrected chi connectivity index (χ3v) is 5.28. The molecule has 134 valence electrons. The van der Waals surface area contributed by atoms with E-state index in [1.165, 1.54) is 20.0 Å². The number of rotatable bonds is 8. The first-order valence-corrected chi connectivity index (χ1v) is 9.70. The highest BCUT2D eigenvalue weighted by atomic mass is 31.2. The molecule has 2 aromatic carbocycles. The summed E-state index contributed by atoms with van der Waals surface area (Å²) in [6.45, 7) is 0. The minimum atomic E-state index is -3.24. The zero-order valence-corrected chi connectivity index (χ0v) is 15.7. The van der Waals surface area contributed by atoms with Gasteiger partial charge in [-0.15, -0.1) is 0 Å². The second-order valence-corrected chi connectivity index (χ2v) is 7.49. The van der Waals surface area contributed by atoms with Gasteiger partial charge in [0.2, 0.25) is 0 Å². The molecule has 0 saturated heterocycles. The number of benzene rings is 2. The van der Waals surface area contributed by atoms with Crippen molar-refractivity contribution in [2.75, 3.05) is 14.2 Å². The maximum atomic E-state index is 12.0. The minimum absolute atomic E-state index is 0.302. The summed E-state index contributed by atoms with van der Waals surface area (Å²) >= 11 is 0. The molecule has 0 fully saturated rings. The first-order valence-electron chi connectivity index (χ1n) is 8.09. The van der Waals surface area contributed by atoms with Crippen LogP contribution in [-0.4, -0.2) is 26.0 Å². The molecule has 0 spiro atoms. The second-order valence-electron chi connectivity index (χ2n) is 5.38. The molecule has 26 heavy (non-hydrogen) atoms. The van der Waals surface area contributed by atoms with Crippen molar-refractivity contribution in [2.24, 2.45) is 4.99 Å². The van der Waals surface area contributed by atoms with Gasteiger partial charge < -0.3 is 9.05 Å². The number of nitriles is 1. The van der Waals surface area contributed by atoms with E-state index in [4.69, 9.17) is 9.05 Å². The fourth-order valence-electron chi connectivity index (χ4n) is 2.31. The lowest BCUT2D eigenvalue weighted by molar-refractivity contribution is 0.286. The van der Waals surface area contributed by atoms with Gasteiger partial charge >= 0.3 is 7.60 Å². The normalized spacial score (nSPS) is 12.5. The molecular formula is C20H21N2O3P. The molecule has 6 heteroatoms. The number of aliphatic imine (C=N–C) groups is 1. The van der Waals surface area contributed by atoms with Crippen molar-refractivity contribution in [3.63, 3.8) is 0 Å². The Morgan fingerprint density at radius 3 is 2.00 bits per heavy atom. The van der Waals surface area contributed by atoms with Crippen LogP contribution in [0.15, 0.2) is 77.5 Å². The number of hydrogen-bond acceptors (Lipinski definition) is 5. The van der Waals surface area contributed by atoms with E-state index in [-0.39, 0.29) is 0 Å². The van der Waals surface area contributed by atoms with Crippen LogP contribution in [0.4, 0.5) is 0 Å². The smallest absolute Gasteiger partial charge is 0.309 e. The second kappa shape index (κ2) is 9.84. The van der Waals surface area contributed by atoms with Gasteiger partial charge in [0.1, 0.15) is 6.04 Å². The molecule has 0 aromatic heterocycles. The Morgan fingerprint density at radius 2 is 1.58 bits per heavy atom. The van der Waals surface area contributed by atoms with Gasteiger partial charge in [0, 0.05) is 37.6 Å². The van der Waals surface area contributed by atoms with Gasteiger partial charge in [-0.1, -0.05) is 66.7 Å². The third kappa shape index (κ3) is 5.50. The van der Waals surface area contributed by atoms with Crippen LogP contribution in [0.3, 0.4) is 0 Å². The molecule has 0 amide bonds. The topological polar surface area (TPSA) is 71.7 Å². The predicted molar refractivity (Wildman–Crippen MR) is 103 cm³/mol. The first kappa shape index (κ1) is 19.8. The molecule has 2 aromatic rings. The predicted octanol–water partition coefficient (Wildman–Crippen LogP) is 4.81. The van der Waals surface area contributed by atoms with E-state index in [0.717, 1.165) is 16.8 Å². The van der Waals surface area contributed by atoms with Gasteiger partial charge in [0.25, 0.3) is 0 Å². The molecule has 0 saturated carbocycles. The monoisotopic (exact) mass is 368 g/mol. The van der Waals surface area contributed by atoms with Crippen LogP contribution in [0.5, 0.6) is 0 Å². The van der Waals surface area contributed by atoms with E-state index in [1.54, 1.807) is 6.08 Å². The average Bonchev–Trinajstić information content (AvgIpc) is 2.71. The van der Waals surface area contributed by atoms with Crippen LogP contribution < -0.4 is 0 Å². The summed E-state index contributed by atoms with van der Waals surface area (Å²) in [5.74, 6) is 1.36. The largest absolute Gasteiger partial charge is 0.353 e. The molecule has 0 radical (unpaired) electrons. The Hall–Kier alpha value is -2.51. The zero-order valence-electron chi connectivity index (χ0n) is 14.8. The lowest BCUT2D eigenvalue weighted by atomic mass is 10.0. The van der Waals surface area contributed by atoms with Gasteiger partial charge in [0.15, 0.2) is 0 Å². The molecule has 0 bridgehead atoms. The molecule has 0 aliphatic rings. The van der Waals surface area contributed by atoms with E-state index >= 15 is 0 Å². The van der Waals surface area contributed by atoms with Gasteiger partial charge in [-0.05, 0) is 0 Å². The maximum Gasteiger partial charge on any atom is 0.353 e. The quantitative estimate of drug-likeness (QED) is 0.495. The molecule has 1 atom stereocenters. The van der Waals surface area contributed by atoms with Crippen LogP contribution >= 0.6 is 7.60 Å². The van der Waals surface area contributed by atoms with Crippen molar-refractivity contribution in [3.8, 4) is 6.07 Å². The van der Waals surface area contributed by atoms with Crippen LogP contribution in [-0.2, 0) is 13.6 Å². The van der Waals surface area contributed by atoms with Crippen molar-refractivity contribution in [3.05, 3.63) is 83.7 Å². The lowest BCUT2D eigenvalue weighted by Crippen LogP contribution is -2.09. The molecule has 0 aliphatic carbocycles. The van der Waals surface area contributed by atoms with E-state index in [9.17, 15) is 9.83 Å². The molecule has 1 unspecified atom stereocenters. The van der Waals surface area contributed by atoms with E-state index in [2.05, 4.69) is 11.1 Å². The van der Waals surface area contributed by atoms with E-state index in [1.807, 2.05) is 60.7 Å². The average molecular weight is 368 g/mol. The Balaban J connectivity index is 2.31. The summed E-state index contributed by atoms with van der Waals surface area (Å²) in [4.78, 5) is 4.64. The fourth-order valence-corrected chi connectivity index (χ4v) is 3.09. The Bertz CT molecular complexity index is 793. The zero-order chi connectivity index (χ0) is 18.8. The van der Waals surface area contributed by atoms with Gasteiger partial charge in [-0.3, -0.25) is 9.56 Å². The van der Waals surface area contributed by atoms with Gasteiger partial charge in [0.05, 0.1) is 11.8 Å². The van der Waals surface area contributed by atoms with Crippen molar-refractivity contribution < 1.29 is 13.6 Å². The molecule has 0 N–H and O–H groups in total.